The van der Waals surface area contributed by atoms with Gasteiger partial charge in [-0.2, -0.15) is 5.10 Å². The average molecular weight is 452 g/mol. The van der Waals surface area contributed by atoms with E-state index in [1.54, 1.807) is 11.0 Å². The van der Waals surface area contributed by atoms with Crippen LogP contribution in [0.1, 0.15) is 42.8 Å². The largest absolute Gasteiger partial charge is 0.296 e. The van der Waals surface area contributed by atoms with Crippen LogP contribution < -0.4 is 0 Å². The summed E-state index contributed by atoms with van der Waals surface area (Å²) in [5.74, 6) is -0.0666. The molecule has 6 rings (SSSR count). The van der Waals surface area contributed by atoms with E-state index in [-0.39, 0.29) is 5.91 Å². The Balaban J connectivity index is 1.28. The number of nitrogens with zero attached hydrogens (tertiary/aromatic N) is 5. The van der Waals surface area contributed by atoms with Crippen molar-refractivity contribution in [1.82, 2.24) is 24.4 Å². The number of carbonyl (C=O) groups is 1. The van der Waals surface area contributed by atoms with Gasteiger partial charge in [-0.25, -0.2) is 4.52 Å². The van der Waals surface area contributed by atoms with Crippen LogP contribution in [0.25, 0.3) is 11.1 Å². The fourth-order valence-electron chi connectivity index (χ4n) is 5.15. The minimum atomic E-state index is -0.0666. The van der Waals surface area contributed by atoms with Gasteiger partial charge in [-0.3, -0.25) is 19.6 Å². The highest BCUT2D eigenvalue weighted by atomic mass is 16.2. The smallest absolute Gasteiger partial charge is 0.255 e. The molecule has 0 N–H and O–H groups in total. The minimum absolute atomic E-state index is 0.0666. The molecule has 172 valence electrons. The van der Waals surface area contributed by atoms with Gasteiger partial charge in [-0.05, 0) is 62.5 Å². The van der Waals surface area contributed by atoms with Crippen LogP contribution in [-0.2, 0) is 4.79 Å². The maximum Gasteiger partial charge on any atom is 0.255 e. The SMILES string of the molecule is Cc1cn2nc(C3=CC(=O)N4C=C(C5=CCN(C6CCC6)CC5)C=C/C4=C\C=C3)cc2c(C)n1. The van der Waals surface area contributed by atoms with Crippen LogP contribution in [0.3, 0.4) is 0 Å². The first kappa shape index (κ1) is 21.1. The quantitative estimate of drug-likeness (QED) is 0.682. The summed E-state index contributed by atoms with van der Waals surface area (Å²) in [5.41, 5.74) is 7.67. The fraction of sp³-hybridized carbons (Fsp3) is 0.321. The van der Waals surface area contributed by atoms with Crippen molar-refractivity contribution in [2.75, 3.05) is 13.1 Å². The Morgan fingerprint density at radius 1 is 1.09 bits per heavy atom. The van der Waals surface area contributed by atoms with E-state index in [9.17, 15) is 4.79 Å². The summed E-state index contributed by atoms with van der Waals surface area (Å²) >= 11 is 0. The van der Waals surface area contributed by atoms with Gasteiger partial charge in [0.15, 0.2) is 0 Å². The second-order valence-electron chi connectivity index (χ2n) is 9.56. The molecule has 1 fully saturated rings. The molecule has 34 heavy (non-hydrogen) atoms. The number of aryl methyl sites for hydroxylation is 2. The highest BCUT2D eigenvalue weighted by molar-refractivity contribution is 5.99. The van der Waals surface area contributed by atoms with Gasteiger partial charge in [0.05, 0.1) is 28.8 Å². The van der Waals surface area contributed by atoms with E-state index < -0.39 is 0 Å². The summed E-state index contributed by atoms with van der Waals surface area (Å²) in [7, 11) is 0. The molecule has 0 atom stereocenters. The van der Waals surface area contributed by atoms with Crippen molar-refractivity contribution in [3.8, 4) is 0 Å². The van der Waals surface area contributed by atoms with Crippen molar-refractivity contribution < 1.29 is 4.79 Å². The van der Waals surface area contributed by atoms with Crippen LogP contribution in [0, 0.1) is 13.8 Å². The van der Waals surface area contributed by atoms with Crippen molar-refractivity contribution in [2.24, 2.45) is 0 Å². The predicted molar refractivity (Wildman–Crippen MR) is 134 cm³/mol. The second kappa shape index (κ2) is 8.37. The molecule has 2 aromatic rings. The lowest BCUT2D eigenvalue weighted by Crippen LogP contribution is -2.42. The van der Waals surface area contributed by atoms with E-state index in [4.69, 9.17) is 5.10 Å². The van der Waals surface area contributed by atoms with E-state index in [0.29, 0.717) is 0 Å². The molecule has 4 aliphatic rings. The Hall–Kier alpha value is -3.51. The lowest BCUT2D eigenvalue weighted by molar-refractivity contribution is -0.122. The molecule has 0 radical (unpaired) electrons. The standard InChI is InChI=1S/C28H29N5O/c1-19-17-33-27(20(2)29-19)16-26(30-33)22-5-3-8-25-10-9-23(18-32(25)28(34)15-22)21-11-13-31(14-12-21)24-6-4-7-24/h3,5,8-11,15-18,24H,4,6-7,12-14H2,1-2H3/b5-3?,22-15?,25-8+. The van der Waals surface area contributed by atoms with E-state index >= 15 is 0 Å². The Labute approximate surface area is 200 Å². The van der Waals surface area contributed by atoms with Crippen LogP contribution in [0.5, 0.6) is 0 Å². The van der Waals surface area contributed by atoms with Crippen molar-refractivity contribution in [1.29, 1.82) is 0 Å². The van der Waals surface area contributed by atoms with Crippen molar-refractivity contribution >= 4 is 17.0 Å². The average Bonchev–Trinajstić information content (AvgIpc) is 3.21. The third-order valence-corrected chi connectivity index (χ3v) is 7.30. The highest BCUT2D eigenvalue weighted by Gasteiger charge is 2.27. The highest BCUT2D eigenvalue weighted by Crippen LogP contribution is 2.31. The van der Waals surface area contributed by atoms with Gasteiger partial charge in [0.1, 0.15) is 0 Å². The van der Waals surface area contributed by atoms with Gasteiger partial charge >= 0.3 is 0 Å². The Morgan fingerprint density at radius 2 is 1.97 bits per heavy atom. The Morgan fingerprint density at radius 3 is 2.74 bits per heavy atom. The molecule has 0 aromatic carbocycles. The number of aromatic nitrogens is 3. The molecule has 6 heteroatoms. The van der Waals surface area contributed by atoms with E-state index in [0.717, 1.165) is 65.0 Å². The molecule has 6 nitrogen and oxygen atoms in total. The molecular formula is C28H29N5O. The van der Waals surface area contributed by atoms with Crippen LogP contribution in [0.4, 0.5) is 0 Å². The van der Waals surface area contributed by atoms with Crippen LogP contribution in [0.2, 0.25) is 0 Å². The molecule has 5 heterocycles. The Bertz CT molecular complexity index is 1360. The number of fused-ring (bicyclic) bond motifs is 2. The van der Waals surface area contributed by atoms with E-state index in [1.807, 2.05) is 61.1 Å². The van der Waals surface area contributed by atoms with Gasteiger partial charge < -0.3 is 0 Å². The van der Waals surface area contributed by atoms with E-state index in [1.165, 1.54) is 24.8 Å². The van der Waals surface area contributed by atoms with Crippen molar-refractivity contribution in [3.63, 3.8) is 0 Å². The van der Waals surface area contributed by atoms with Crippen LogP contribution in [0.15, 0.2) is 77.8 Å². The molecule has 0 bridgehead atoms. The zero-order valence-corrected chi connectivity index (χ0v) is 19.7. The van der Waals surface area contributed by atoms with Crippen LogP contribution in [-0.4, -0.2) is 49.4 Å². The summed E-state index contributed by atoms with van der Waals surface area (Å²) < 4.78 is 1.84. The zero-order valence-electron chi connectivity index (χ0n) is 19.7. The van der Waals surface area contributed by atoms with E-state index in [2.05, 4.69) is 22.0 Å². The van der Waals surface area contributed by atoms with Crippen molar-refractivity contribution in [3.05, 3.63) is 94.9 Å². The summed E-state index contributed by atoms with van der Waals surface area (Å²) in [6.45, 7) is 6.05. The molecule has 0 saturated heterocycles. The first-order valence-corrected chi connectivity index (χ1v) is 12.2. The van der Waals surface area contributed by atoms with Gasteiger partial charge in [0.25, 0.3) is 5.91 Å². The van der Waals surface area contributed by atoms with Gasteiger partial charge in [-0.15, -0.1) is 0 Å². The lowest BCUT2D eigenvalue weighted by Gasteiger charge is -2.39. The fourth-order valence-corrected chi connectivity index (χ4v) is 5.15. The molecule has 3 aliphatic heterocycles. The second-order valence-corrected chi connectivity index (χ2v) is 9.56. The third kappa shape index (κ3) is 3.78. The normalized spacial score (nSPS) is 22.9. The molecule has 1 saturated carbocycles. The molecule has 1 amide bonds. The minimum Gasteiger partial charge on any atom is -0.296 e. The molecule has 2 aromatic heterocycles. The lowest BCUT2D eigenvalue weighted by atomic mass is 9.89. The van der Waals surface area contributed by atoms with Gasteiger partial charge in [-0.1, -0.05) is 30.7 Å². The number of allylic oxidation sites excluding steroid dienone is 7. The topological polar surface area (TPSA) is 53.7 Å². The molecule has 0 spiro atoms. The number of rotatable bonds is 3. The number of hydrogen-bond acceptors (Lipinski definition) is 4. The third-order valence-electron chi connectivity index (χ3n) is 7.30. The Kier molecular flexibility index (Phi) is 5.18. The monoisotopic (exact) mass is 451 g/mol. The number of carbonyl (C=O) groups excluding carboxylic acids is 1. The summed E-state index contributed by atoms with van der Waals surface area (Å²) in [5, 5.41) is 4.71. The van der Waals surface area contributed by atoms with Crippen LogP contribution >= 0.6 is 0 Å². The molecule has 1 aliphatic carbocycles. The predicted octanol–water partition coefficient (Wildman–Crippen LogP) is 4.65. The zero-order chi connectivity index (χ0) is 23.2. The maximum absolute atomic E-state index is 13.4. The first-order chi connectivity index (χ1) is 16.5. The summed E-state index contributed by atoms with van der Waals surface area (Å²) in [6.07, 6.45) is 23.1. The maximum atomic E-state index is 13.4. The van der Waals surface area contributed by atoms with Crippen molar-refractivity contribution in [2.45, 2.75) is 45.6 Å². The first-order valence-electron chi connectivity index (χ1n) is 12.2. The number of amides is 1. The van der Waals surface area contributed by atoms with Gasteiger partial charge in [0, 0.05) is 42.7 Å². The van der Waals surface area contributed by atoms with Gasteiger partial charge in [0.2, 0.25) is 0 Å². The molecule has 0 unspecified atom stereocenters. The number of hydrogen-bond donors (Lipinski definition) is 0. The summed E-state index contributed by atoms with van der Waals surface area (Å²) in [4.78, 5) is 22.2. The molecular weight excluding hydrogens is 422 g/mol. The summed E-state index contributed by atoms with van der Waals surface area (Å²) in [6, 6.07) is 2.77.